The molecule has 0 bridgehead atoms. The van der Waals surface area contributed by atoms with E-state index in [4.69, 9.17) is 9.47 Å². The summed E-state index contributed by atoms with van der Waals surface area (Å²) in [6.07, 6.45) is 5.28. The van der Waals surface area contributed by atoms with Crippen molar-refractivity contribution in [3.05, 3.63) is 65.7 Å². The number of nitrogens with zero attached hydrogens (tertiary/aromatic N) is 1. The SMILES string of the molecule is COc1ccc(/C=C/C(=O)OCC(=O)c2ccccc2)cc1S(=O)(=O)N1CCCCC1. The van der Waals surface area contributed by atoms with Crippen molar-refractivity contribution in [2.45, 2.75) is 24.2 Å². The molecule has 1 aliphatic rings. The van der Waals surface area contributed by atoms with E-state index in [1.54, 1.807) is 42.5 Å². The van der Waals surface area contributed by atoms with E-state index in [2.05, 4.69) is 0 Å². The molecule has 0 radical (unpaired) electrons. The van der Waals surface area contributed by atoms with Crippen LogP contribution in [0.2, 0.25) is 0 Å². The van der Waals surface area contributed by atoms with Crippen molar-refractivity contribution in [1.29, 1.82) is 0 Å². The summed E-state index contributed by atoms with van der Waals surface area (Å²) >= 11 is 0. The first kappa shape index (κ1) is 22.7. The van der Waals surface area contributed by atoms with Gasteiger partial charge in [-0.25, -0.2) is 13.2 Å². The minimum Gasteiger partial charge on any atom is -0.495 e. The number of esters is 1. The second kappa shape index (κ2) is 10.4. The standard InChI is InChI=1S/C23H25NO6S/c1-29-21-12-10-18(16-22(21)31(27,28)24-14-6-3-7-15-24)11-13-23(26)30-17-20(25)19-8-4-2-5-9-19/h2,4-5,8-13,16H,3,6-7,14-15,17H2,1H3/b13-11+. The summed E-state index contributed by atoms with van der Waals surface area (Å²) in [6, 6.07) is 13.2. The Morgan fingerprint density at radius 1 is 1.03 bits per heavy atom. The Morgan fingerprint density at radius 2 is 1.74 bits per heavy atom. The molecule has 1 saturated heterocycles. The molecule has 7 nitrogen and oxygen atoms in total. The van der Waals surface area contributed by atoms with Crippen LogP contribution < -0.4 is 4.74 Å². The number of piperidine rings is 1. The molecule has 0 spiro atoms. The Kier molecular flexibility index (Phi) is 7.59. The van der Waals surface area contributed by atoms with Crippen molar-refractivity contribution in [3.8, 4) is 5.75 Å². The smallest absolute Gasteiger partial charge is 0.331 e. The number of carbonyl (C=O) groups excluding carboxylic acids is 2. The number of hydrogen-bond donors (Lipinski definition) is 0. The Hall–Kier alpha value is -2.97. The number of Topliss-reactive ketones (excluding diaryl/α,β-unsaturated/α-hetero) is 1. The molecule has 0 amide bonds. The highest BCUT2D eigenvalue weighted by atomic mass is 32.2. The van der Waals surface area contributed by atoms with Crippen LogP contribution in [0.3, 0.4) is 0 Å². The minimum atomic E-state index is -3.70. The number of carbonyl (C=O) groups is 2. The average molecular weight is 444 g/mol. The third-order valence-corrected chi connectivity index (χ3v) is 6.89. The van der Waals surface area contributed by atoms with Gasteiger partial charge in [0.1, 0.15) is 10.6 Å². The van der Waals surface area contributed by atoms with Crippen molar-refractivity contribution < 1.29 is 27.5 Å². The van der Waals surface area contributed by atoms with Gasteiger partial charge in [-0.05, 0) is 36.6 Å². The lowest BCUT2D eigenvalue weighted by molar-refractivity contribution is -0.136. The second-order valence-corrected chi connectivity index (χ2v) is 9.01. The van der Waals surface area contributed by atoms with E-state index in [1.165, 1.54) is 23.6 Å². The molecule has 31 heavy (non-hydrogen) atoms. The Labute approximate surface area is 182 Å². The summed E-state index contributed by atoms with van der Waals surface area (Å²) in [7, 11) is -2.29. The zero-order valence-corrected chi connectivity index (χ0v) is 18.1. The molecule has 1 aliphatic heterocycles. The molecule has 1 heterocycles. The molecule has 0 aliphatic carbocycles. The van der Waals surface area contributed by atoms with Crippen molar-refractivity contribution in [2.75, 3.05) is 26.8 Å². The molecule has 1 fully saturated rings. The Bertz CT molecular complexity index is 1060. The maximum Gasteiger partial charge on any atom is 0.331 e. The Morgan fingerprint density at radius 3 is 2.42 bits per heavy atom. The quantitative estimate of drug-likeness (QED) is 0.353. The van der Waals surface area contributed by atoms with Crippen molar-refractivity contribution in [2.24, 2.45) is 0 Å². The van der Waals surface area contributed by atoms with Crippen LogP contribution in [0.15, 0.2) is 59.5 Å². The fourth-order valence-electron chi connectivity index (χ4n) is 3.30. The molecular weight excluding hydrogens is 418 g/mol. The summed E-state index contributed by atoms with van der Waals surface area (Å²) < 4.78 is 37.8. The van der Waals surface area contributed by atoms with E-state index in [-0.39, 0.29) is 23.0 Å². The van der Waals surface area contributed by atoms with Gasteiger partial charge in [-0.2, -0.15) is 4.31 Å². The Balaban J connectivity index is 1.70. The third-order valence-electron chi connectivity index (χ3n) is 4.97. The fraction of sp³-hybridized carbons (Fsp3) is 0.304. The highest BCUT2D eigenvalue weighted by molar-refractivity contribution is 7.89. The second-order valence-electron chi connectivity index (χ2n) is 7.11. The van der Waals surface area contributed by atoms with Crippen LogP contribution in [0, 0.1) is 0 Å². The predicted molar refractivity (Wildman–Crippen MR) is 116 cm³/mol. The van der Waals surface area contributed by atoms with Crippen LogP contribution in [-0.4, -0.2) is 51.3 Å². The summed E-state index contributed by atoms with van der Waals surface area (Å²) in [5.41, 5.74) is 0.963. The van der Waals surface area contributed by atoms with Crippen LogP contribution in [0.25, 0.3) is 6.08 Å². The number of ether oxygens (including phenoxy) is 2. The predicted octanol–water partition coefficient (Wildman–Crippen LogP) is 3.31. The first-order valence-electron chi connectivity index (χ1n) is 10.0. The lowest BCUT2D eigenvalue weighted by Gasteiger charge is -2.26. The van der Waals surface area contributed by atoms with Crippen LogP contribution >= 0.6 is 0 Å². The van der Waals surface area contributed by atoms with Gasteiger partial charge >= 0.3 is 5.97 Å². The van der Waals surface area contributed by atoms with Crippen molar-refractivity contribution in [3.63, 3.8) is 0 Å². The normalized spacial score (nSPS) is 15.0. The van der Waals surface area contributed by atoms with Gasteiger partial charge in [-0.15, -0.1) is 0 Å². The van der Waals surface area contributed by atoms with E-state index < -0.39 is 16.0 Å². The van der Waals surface area contributed by atoms with Gasteiger partial charge in [0.25, 0.3) is 0 Å². The van der Waals surface area contributed by atoms with Crippen LogP contribution in [0.1, 0.15) is 35.2 Å². The van der Waals surface area contributed by atoms with Gasteiger partial charge in [0.05, 0.1) is 7.11 Å². The molecule has 164 valence electrons. The number of sulfonamides is 1. The summed E-state index contributed by atoms with van der Waals surface area (Å²) in [5, 5.41) is 0. The number of benzene rings is 2. The topological polar surface area (TPSA) is 90.0 Å². The molecule has 0 N–H and O–H groups in total. The highest BCUT2D eigenvalue weighted by Gasteiger charge is 2.29. The van der Waals surface area contributed by atoms with Crippen LogP contribution in [-0.2, 0) is 19.6 Å². The third kappa shape index (κ3) is 5.80. The molecule has 2 aromatic carbocycles. The van der Waals surface area contributed by atoms with Gasteiger partial charge < -0.3 is 9.47 Å². The lowest BCUT2D eigenvalue weighted by Crippen LogP contribution is -2.35. The van der Waals surface area contributed by atoms with Crippen molar-refractivity contribution >= 4 is 27.9 Å². The number of rotatable bonds is 8. The molecule has 3 rings (SSSR count). The van der Waals surface area contributed by atoms with Gasteiger partial charge in [-0.3, -0.25) is 4.79 Å². The van der Waals surface area contributed by atoms with Crippen molar-refractivity contribution in [1.82, 2.24) is 4.31 Å². The van der Waals surface area contributed by atoms with E-state index >= 15 is 0 Å². The first-order valence-corrected chi connectivity index (χ1v) is 11.5. The highest BCUT2D eigenvalue weighted by Crippen LogP contribution is 2.30. The maximum absolute atomic E-state index is 13.1. The first-order chi connectivity index (χ1) is 14.9. The molecule has 8 heteroatoms. The zero-order chi connectivity index (χ0) is 22.3. The average Bonchev–Trinajstić information content (AvgIpc) is 2.82. The minimum absolute atomic E-state index is 0.0617. The maximum atomic E-state index is 13.1. The summed E-state index contributed by atoms with van der Waals surface area (Å²) in [5.74, 6) is -0.749. The summed E-state index contributed by atoms with van der Waals surface area (Å²) in [6.45, 7) is 0.588. The van der Waals surface area contributed by atoms with Crippen LogP contribution in [0.5, 0.6) is 5.75 Å². The van der Waals surface area contributed by atoms with Gasteiger partial charge in [-0.1, -0.05) is 42.8 Å². The molecule has 0 aromatic heterocycles. The van der Waals surface area contributed by atoms with Gasteiger partial charge in [0.2, 0.25) is 10.0 Å². The monoisotopic (exact) mass is 443 g/mol. The van der Waals surface area contributed by atoms with E-state index in [0.29, 0.717) is 24.2 Å². The van der Waals surface area contributed by atoms with E-state index in [0.717, 1.165) is 25.3 Å². The van der Waals surface area contributed by atoms with Crippen LogP contribution in [0.4, 0.5) is 0 Å². The number of ketones is 1. The fourth-order valence-corrected chi connectivity index (χ4v) is 5.01. The number of methoxy groups -OCH3 is 1. The van der Waals surface area contributed by atoms with Gasteiger partial charge in [0, 0.05) is 24.7 Å². The largest absolute Gasteiger partial charge is 0.495 e. The molecular formula is C23H25NO6S. The molecule has 2 aromatic rings. The number of hydrogen-bond acceptors (Lipinski definition) is 6. The molecule has 0 saturated carbocycles. The molecule has 0 unspecified atom stereocenters. The van der Waals surface area contributed by atoms with E-state index in [1.807, 2.05) is 0 Å². The molecule has 0 atom stereocenters. The zero-order valence-electron chi connectivity index (χ0n) is 17.3. The van der Waals surface area contributed by atoms with E-state index in [9.17, 15) is 18.0 Å². The lowest BCUT2D eigenvalue weighted by atomic mass is 10.1. The summed E-state index contributed by atoms with van der Waals surface area (Å²) in [4.78, 5) is 24.1. The van der Waals surface area contributed by atoms with Gasteiger partial charge in [0.15, 0.2) is 12.4 Å².